The number of hydrogen-bond donors (Lipinski definition) is 0. The molecule has 0 N–H and O–H groups in total. The number of nitro groups is 1. The standard InChI is InChI=1S/C9H9N3O3/c1-11(15-2)9-5-7(6-10)3-4-8(9)12(13)14/h3-5H,1-2H3. The van der Waals surface area contributed by atoms with Gasteiger partial charge in [0.25, 0.3) is 5.69 Å². The summed E-state index contributed by atoms with van der Waals surface area (Å²) >= 11 is 0. The molecule has 0 aliphatic carbocycles. The molecule has 0 fully saturated rings. The van der Waals surface area contributed by atoms with Gasteiger partial charge in [0.15, 0.2) is 0 Å². The van der Waals surface area contributed by atoms with E-state index in [1.807, 2.05) is 6.07 Å². The summed E-state index contributed by atoms with van der Waals surface area (Å²) in [5, 5.41) is 20.6. The van der Waals surface area contributed by atoms with Gasteiger partial charge in [0.1, 0.15) is 5.69 Å². The number of hydrogen-bond acceptors (Lipinski definition) is 5. The van der Waals surface area contributed by atoms with Crippen molar-refractivity contribution < 1.29 is 9.76 Å². The van der Waals surface area contributed by atoms with Gasteiger partial charge in [-0.25, -0.2) is 0 Å². The summed E-state index contributed by atoms with van der Waals surface area (Å²) in [6.45, 7) is 0. The van der Waals surface area contributed by atoms with Crippen LogP contribution in [0.2, 0.25) is 0 Å². The van der Waals surface area contributed by atoms with E-state index in [1.165, 1.54) is 37.4 Å². The van der Waals surface area contributed by atoms with Crippen LogP contribution in [0.25, 0.3) is 0 Å². The summed E-state index contributed by atoms with van der Waals surface area (Å²) in [6, 6.07) is 5.99. The lowest BCUT2D eigenvalue weighted by Crippen LogP contribution is -2.16. The Labute approximate surface area is 86.4 Å². The molecular formula is C9H9N3O3. The number of hydroxylamine groups is 1. The summed E-state index contributed by atoms with van der Waals surface area (Å²) in [6.07, 6.45) is 0. The fraction of sp³-hybridized carbons (Fsp3) is 0.222. The minimum absolute atomic E-state index is 0.0987. The van der Waals surface area contributed by atoms with E-state index in [2.05, 4.69) is 0 Å². The lowest BCUT2D eigenvalue weighted by Gasteiger charge is -2.15. The number of nitrogens with zero attached hydrogens (tertiary/aromatic N) is 3. The van der Waals surface area contributed by atoms with Gasteiger partial charge < -0.3 is 0 Å². The number of rotatable bonds is 3. The second kappa shape index (κ2) is 4.39. The molecular weight excluding hydrogens is 198 g/mol. The number of nitro benzene ring substituents is 1. The summed E-state index contributed by atoms with van der Waals surface area (Å²) < 4.78 is 0. The van der Waals surface area contributed by atoms with Crippen LogP contribution in [0.15, 0.2) is 18.2 Å². The molecule has 15 heavy (non-hydrogen) atoms. The van der Waals surface area contributed by atoms with E-state index in [0.29, 0.717) is 5.56 Å². The van der Waals surface area contributed by atoms with Crippen LogP contribution in [0.3, 0.4) is 0 Å². The Bertz CT molecular complexity index is 425. The van der Waals surface area contributed by atoms with Gasteiger partial charge >= 0.3 is 0 Å². The van der Waals surface area contributed by atoms with Gasteiger partial charge in [0, 0.05) is 13.1 Å². The van der Waals surface area contributed by atoms with Crippen LogP contribution in [0.5, 0.6) is 0 Å². The second-order valence-corrected chi connectivity index (χ2v) is 2.75. The van der Waals surface area contributed by atoms with E-state index in [4.69, 9.17) is 10.1 Å². The van der Waals surface area contributed by atoms with Crippen LogP contribution in [0.1, 0.15) is 5.56 Å². The maximum absolute atomic E-state index is 10.7. The zero-order valence-corrected chi connectivity index (χ0v) is 8.30. The van der Waals surface area contributed by atoms with Gasteiger partial charge in [-0.3, -0.25) is 20.0 Å². The Hall–Kier alpha value is -2.13. The fourth-order valence-corrected chi connectivity index (χ4v) is 1.10. The van der Waals surface area contributed by atoms with Crippen LogP contribution in [-0.2, 0) is 4.84 Å². The Balaban J connectivity index is 3.30. The molecule has 0 saturated heterocycles. The lowest BCUT2D eigenvalue weighted by atomic mass is 10.2. The molecule has 0 atom stereocenters. The topological polar surface area (TPSA) is 79.4 Å². The maximum atomic E-state index is 10.7. The molecule has 0 radical (unpaired) electrons. The molecule has 0 spiro atoms. The predicted octanol–water partition coefficient (Wildman–Crippen LogP) is 1.46. The van der Waals surface area contributed by atoms with Crippen molar-refractivity contribution in [3.05, 3.63) is 33.9 Å². The van der Waals surface area contributed by atoms with E-state index in [-0.39, 0.29) is 11.4 Å². The minimum atomic E-state index is -0.522. The van der Waals surface area contributed by atoms with Crippen molar-refractivity contribution in [2.24, 2.45) is 0 Å². The van der Waals surface area contributed by atoms with Crippen LogP contribution >= 0.6 is 0 Å². The van der Waals surface area contributed by atoms with Crippen molar-refractivity contribution in [2.45, 2.75) is 0 Å². The molecule has 0 amide bonds. The number of anilines is 1. The molecule has 1 aromatic rings. The Kier molecular flexibility index (Phi) is 3.21. The largest absolute Gasteiger partial charge is 0.294 e. The third kappa shape index (κ3) is 2.21. The molecule has 1 aromatic carbocycles. The van der Waals surface area contributed by atoms with Crippen molar-refractivity contribution >= 4 is 11.4 Å². The number of nitriles is 1. The van der Waals surface area contributed by atoms with E-state index in [1.54, 1.807) is 0 Å². The number of benzene rings is 1. The van der Waals surface area contributed by atoms with Crippen molar-refractivity contribution in [2.75, 3.05) is 19.2 Å². The highest BCUT2D eigenvalue weighted by Gasteiger charge is 2.17. The van der Waals surface area contributed by atoms with Gasteiger partial charge in [0.2, 0.25) is 0 Å². The van der Waals surface area contributed by atoms with E-state index in [0.717, 1.165) is 0 Å². The second-order valence-electron chi connectivity index (χ2n) is 2.75. The normalized spacial score (nSPS) is 9.40. The zero-order chi connectivity index (χ0) is 11.4. The highest BCUT2D eigenvalue weighted by molar-refractivity contribution is 5.64. The van der Waals surface area contributed by atoms with Crippen LogP contribution in [0, 0.1) is 21.4 Å². The molecule has 0 aliphatic heterocycles. The summed E-state index contributed by atoms with van der Waals surface area (Å²) in [7, 11) is 2.92. The SMILES string of the molecule is CON(C)c1cc(C#N)ccc1[N+](=O)[O-]. The molecule has 0 bridgehead atoms. The van der Waals surface area contributed by atoms with Gasteiger partial charge in [-0.1, -0.05) is 0 Å². The smallest absolute Gasteiger partial charge is 0.277 e. The first-order valence-corrected chi connectivity index (χ1v) is 4.06. The van der Waals surface area contributed by atoms with Crippen molar-refractivity contribution in [3.63, 3.8) is 0 Å². The quantitative estimate of drug-likeness (QED) is 0.553. The van der Waals surface area contributed by atoms with E-state index in [9.17, 15) is 10.1 Å². The first-order chi connectivity index (χ1) is 7.10. The lowest BCUT2D eigenvalue weighted by molar-refractivity contribution is -0.384. The Morgan fingerprint density at radius 2 is 2.27 bits per heavy atom. The van der Waals surface area contributed by atoms with Gasteiger partial charge in [-0.15, -0.1) is 0 Å². The third-order valence-electron chi connectivity index (χ3n) is 1.91. The molecule has 0 unspecified atom stereocenters. The van der Waals surface area contributed by atoms with Crippen molar-refractivity contribution in [1.82, 2.24) is 0 Å². The highest BCUT2D eigenvalue weighted by atomic mass is 16.7. The fourth-order valence-electron chi connectivity index (χ4n) is 1.10. The Morgan fingerprint density at radius 3 is 2.73 bits per heavy atom. The summed E-state index contributed by atoms with van der Waals surface area (Å²) in [5.74, 6) is 0. The van der Waals surface area contributed by atoms with Gasteiger partial charge in [-0.05, 0) is 12.1 Å². The first-order valence-electron chi connectivity index (χ1n) is 4.06. The molecule has 6 nitrogen and oxygen atoms in total. The molecule has 6 heteroatoms. The average Bonchev–Trinajstić information content (AvgIpc) is 2.26. The molecule has 78 valence electrons. The van der Waals surface area contributed by atoms with Crippen LogP contribution in [0.4, 0.5) is 11.4 Å². The van der Waals surface area contributed by atoms with E-state index >= 15 is 0 Å². The molecule has 0 saturated carbocycles. The zero-order valence-electron chi connectivity index (χ0n) is 8.30. The first kappa shape index (κ1) is 10.9. The van der Waals surface area contributed by atoms with Crippen LogP contribution in [-0.4, -0.2) is 19.1 Å². The summed E-state index contributed by atoms with van der Waals surface area (Å²) in [4.78, 5) is 15.0. The highest BCUT2D eigenvalue weighted by Crippen LogP contribution is 2.28. The predicted molar refractivity (Wildman–Crippen MR) is 53.2 cm³/mol. The van der Waals surface area contributed by atoms with Crippen molar-refractivity contribution in [1.29, 1.82) is 5.26 Å². The summed E-state index contributed by atoms with van der Waals surface area (Å²) in [5.41, 5.74) is 0.499. The van der Waals surface area contributed by atoms with Gasteiger partial charge in [-0.2, -0.15) is 5.26 Å². The molecule has 0 aliphatic rings. The molecule has 1 rings (SSSR count). The minimum Gasteiger partial charge on any atom is -0.277 e. The van der Waals surface area contributed by atoms with Crippen molar-refractivity contribution in [3.8, 4) is 6.07 Å². The maximum Gasteiger partial charge on any atom is 0.294 e. The molecule has 0 aromatic heterocycles. The third-order valence-corrected chi connectivity index (χ3v) is 1.91. The molecule has 0 heterocycles. The van der Waals surface area contributed by atoms with Crippen LogP contribution < -0.4 is 5.06 Å². The van der Waals surface area contributed by atoms with E-state index < -0.39 is 4.92 Å². The monoisotopic (exact) mass is 207 g/mol. The van der Waals surface area contributed by atoms with Gasteiger partial charge in [0.05, 0.1) is 23.7 Å². The average molecular weight is 207 g/mol. The Morgan fingerprint density at radius 1 is 1.60 bits per heavy atom.